The summed E-state index contributed by atoms with van der Waals surface area (Å²) in [6.45, 7) is 5.81. The van der Waals surface area contributed by atoms with Crippen LogP contribution in [-0.2, 0) is 0 Å². The second kappa shape index (κ2) is 4.23. The lowest BCUT2D eigenvalue weighted by atomic mass is 10.4. The topological polar surface area (TPSA) is 53.4 Å². The zero-order valence-electron chi connectivity index (χ0n) is 7.65. The maximum Gasteiger partial charge on any atom is 0.355 e. The van der Waals surface area contributed by atoms with Crippen molar-refractivity contribution in [3.8, 4) is 0 Å². The van der Waals surface area contributed by atoms with Crippen LogP contribution in [0.1, 0.15) is 24.3 Å². The first-order chi connectivity index (χ1) is 6.19. The number of nitrogens with zero attached hydrogens (tertiary/aromatic N) is 2. The first-order valence-corrected chi connectivity index (χ1v) is 4.91. The van der Waals surface area contributed by atoms with Crippen molar-refractivity contribution in [1.82, 2.24) is 4.37 Å². The molecule has 0 aliphatic rings. The summed E-state index contributed by atoms with van der Waals surface area (Å²) < 4.78 is 3.83. The van der Waals surface area contributed by atoms with Crippen LogP contribution in [0.15, 0.2) is 6.07 Å². The minimum Gasteiger partial charge on any atom is -0.476 e. The monoisotopic (exact) mass is 200 g/mol. The molecule has 1 N–H and O–H groups in total. The molecular formula is C8H12N2O2S. The molecule has 0 saturated heterocycles. The van der Waals surface area contributed by atoms with Gasteiger partial charge in [0, 0.05) is 19.2 Å². The average molecular weight is 200 g/mol. The Morgan fingerprint density at radius 1 is 1.62 bits per heavy atom. The third-order valence-corrected chi connectivity index (χ3v) is 2.64. The van der Waals surface area contributed by atoms with Gasteiger partial charge in [-0.15, -0.1) is 0 Å². The van der Waals surface area contributed by atoms with E-state index in [1.165, 1.54) is 11.5 Å². The molecule has 1 rings (SSSR count). The predicted molar refractivity (Wildman–Crippen MR) is 52.6 cm³/mol. The number of hydrogen-bond acceptors (Lipinski definition) is 4. The number of carboxylic acid groups (broad SMARTS) is 1. The van der Waals surface area contributed by atoms with Crippen LogP contribution in [0, 0.1) is 0 Å². The molecular weight excluding hydrogens is 188 g/mol. The van der Waals surface area contributed by atoms with Crippen molar-refractivity contribution in [3.05, 3.63) is 11.8 Å². The highest BCUT2D eigenvalue weighted by molar-refractivity contribution is 7.10. The third-order valence-electron chi connectivity index (χ3n) is 1.79. The van der Waals surface area contributed by atoms with Gasteiger partial charge in [0.05, 0.1) is 0 Å². The fraction of sp³-hybridized carbons (Fsp3) is 0.500. The molecule has 4 nitrogen and oxygen atoms in total. The molecule has 1 heterocycles. The van der Waals surface area contributed by atoms with Crippen molar-refractivity contribution in [2.24, 2.45) is 0 Å². The Balaban J connectivity index is 2.84. The molecule has 13 heavy (non-hydrogen) atoms. The molecule has 0 bridgehead atoms. The molecule has 0 radical (unpaired) electrons. The highest BCUT2D eigenvalue weighted by atomic mass is 32.1. The van der Waals surface area contributed by atoms with Gasteiger partial charge in [0.2, 0.25) is 0 Å². The Bertz CT molecular complexity index is 294. The number of aromatic carboxylic acids is 1. The minimum absolute atomic E-state index is 0.131. The Labute approximate surface area is 81.0 Å². The van der Waals surface area contributed by atoms with Crippen LogP contribution in [-0.4, -0.2) is 28.5 Å². The molecule has 5 heteroatoms. The van der Waals surface area contributed by atoms with E-state index in [9.17, 15) is 4.79 Å². The van der Waals surface area contributed by atoms with E-state index in [4.69, 9.17) is 5.11 Å². The summed E-state index contributed by atoms with van der Waals surface area (Å²) in [6, 6.07) is 1.61. The fourth-order valence-electron chi connectivity index (χ4n) is 1.05. The summed E-state index contributed by atoms with van der Waals surface area (Å²) in [5.74, 6) is -0.963. The summed E-state index contributed by atoms with van der Waals surface area (Å²) in [5, 5.41) is 9.57. The molecule has 0 aliphatic carbocycles. The van der Waals surface area contributed by atoms with Crippen LogP contribution >= 0.6 is 11.5 Å². The van der Waals surface area contributed by atoms with Gasteiger partial charge < -0.3 is 10.0 Å². The SMILES string of the molecule is CCN(CC)c1cc(C(=O)O)ns1. The smallest absolute Gasteiger partial charge is 0.355 e. The number of carbonyl (C=O) groups is 1. The van der Waals surface area contributed by atoms with Gasteiger partial charge >= 0.3 is 5.97 Å². The molecule has 0 fully saturated rings. The Morgan fingerprint density at radius 2 is 2.23 bits per heavy atom. The van der Waals surface area contributed by atoms with Gasteiger partial charge in [-0.3, -0.25) is 0 Å². The molecule has 72 valence electrons. The van der Waals surface area contributed by atoms with E-state index in [0.29, 0.717) is 0 Å². The highest BCUT2D eigenvalue weighted by Crippen LogP contribution is 2.20. The van der Waals surface area contributed by atoms with Gasteiger partial charge in [-0.2, -0.15) is 4.37 Å². The third kappa shape index (κ3) is 2.18. The Morgan fingerprint density at radius 3 is 2.62 bits per heavy atom. The second-order valence-electron chi connectivity index (χ2n) is 2.53. The van der Waals surface area contributed by atoms with Crippen molar-refractivity contribution in [2.75, 3.05) is 18.0 Å². The summed E-state index contributed by atoms with van der Waals surface area (Å²) in [6.07, 6.45) is 0. The molecule has 0 aromatic carbocycles. The van der Waals surface area contributed by atoms with Crippen LogP contribution in [0.3, 0.4) is 0 Å². The standard InChI is InChI=1S/C8H12N2O2S/c1-3-10(4-2)7-5-6(8(11)12)9-13-7/h5H,3-4H2,1-2H3,(H,11,12). The van der Waals surface area contributed by atoms with Crippen molar-refractivity contribution >= 4 is 22.5 Å². The van der Waals surface area contributed by atoms with Gasteiger partial charge in [-0.25, -0.2) is 4.79 Å². The minimum atomic E-state index is -0.963. The highest BCUT2D eigenvalue weighted by Gasteiger charge is 2.11. The maximum absolute atomic E-state index is 10.5. The van der Waals surface area contributed by atoms with Crippen molar-refractivity contribution < 1.29 is 9.90 Å². The lowest BCUT2D eigenvalue weighted by Gasteiger charge is -2.16. The summed E-state index contributed by atoms with van der Waals surface area (Å²) >= 11 is 1.23. The predicted octanol–water partition coefficient (Wildman–Crippen LogP) is 1.69. The molecule has 0 unspecified atom stereocenters. The van der Waals surface area contributed by atoms with Crippen LogP contribution in [0.25, 0.3) is 0 Å². The van der Waals surface area contributed by atoms with Gasteiger partial charge in [0.1, 0.15) is 5.00 Å². The van der Waals surface area contributed by atoms with Gasteiger partial charge in [0.15, 0.2) is 5.69 Å². The van der Waals surface area contributed by atoms with Crippen molar-refractivity contribution in [3.63, 3.8) is 0 Å². The molecule has 1 aromatic heterocycles. The molecule has 0 atom stereocenters. The van der Waals surface area contributed by atoms with E-state index in [-0.39, 0.29) is 5.69 Å². The van der Waals surface area contributed by atoms with Crippen LogP contribution < -0.4 is 4.90 Å². The van der Waals surface area contributed by atoms with Gasteiger partial charge in [-0.1, -0.05) is 0 Å². The first-order valence-electron chi connectivity index (χ1n) is 4.14. The lowest BCUT2D eigenvalue weighted by Crippen LogP contribution is -2.20. The summed E-state index contributed by atoms with van der Waals surface area (Å²) in [7, 11) is 0. The maximum atomic E-state index is 10.5. The van der Waals surface area contributed by atoms with Gasteiger partial charge in [-0.05, 0) is 25.4 Å². The van der Waals surface area contributed by atoms with E-state index < -0.39 is 5.97 Å². The second-order valence-corrected chi connectivity index (χ2v) is 3.31. The van der Waals surface area contributed by atoms with Crippen molar-refractivity contribution in [2.45, 2.75) is 13.8 Å². The molecule has 1 aromatic rings. The van der Waals surface area contributed by atoms with E-state index in [1.54, 1.807) is 6.07 Å². The number of aromatic nitrogens is 1. The van der Waals surface area contributed by atoms with E-state index >= 15 is 0 Å². The molecule has 0 amide bonds. The number of carboxylic acids is 1. The summed E-state index contributed by atoms with van der Waals surface area (Å²) in [5.41, 5.74) is 0.131. The largest absolute Gasteiger partial charge is 0.476 e. The Hall–Kier alpha value is -1.10. The zero-order chi connectivity index (χ0) is 9.84. The lowest BCUT2D eigenvalue weighted by molar-refractivity contribution is 0.0692. The van der Waals surface area contributed by atoms with E-state index in [1.807, 2.05) is 13.8 Å². The number of rotatable bonds is 4. The first kappa shape index (κ1) is 9.98. The Kier molecular flexibility index (Phi) is 3.25. The molecule has 0 saturated carbocycles. The van der Waals surface area contributed by atoms with Gasteiger partial charge in [0.25, 0.3) is 0 Å². The van der Waals surface area contributed by atoms with Crippen LogP contribution in [0.2, 0.25) is 0 Å². The average Bonchev–Trinajstić information content (AvgIpc) is 2.56. The number of hydrogen-bond donors (Lipinski definition) is 1. The van der Waals surface area contributed by atoms with Crippen molar-refractivity contribution in [1.29, 1.82) is 0 Å². The summed E-state index contributed by atoms with van der Waals surface area (Å²) in [4.78, 5) is 12.6. The van der Waals surface area contributed by atoms with E-state index in [2.05, 4.69) is 9.27 Å². The van der Waals surface area contributed by atoms with E-state index in [0.717, 1.165) is 18.1 Å². The number of anilines is 1. The van der Waals surface area contributed by atoms with Crippen LogP contribution in [0.5, 0.6) is 0 Å². The molecule has 0 spiro atoms. The van der Waals surface area contributed by atoms with Crippen LogP contribution in [0.4, 0.5) is 5.00 Å². The molecule has 0 aliphatic heterocycles. The zero-order valence-corrected chi connectivity index (χ0v) is 8.47. The normalized spacial score (nSPS) is 10.0. The quantitative estimate of drug-likeness (QED) is 0.803. The fourth-order valence-corrected chi connectivity index (χ4v) is 1.91.